The standard InChI is InChI=1S/C10H11ClN2S2/c1-6-13-7(5-15-6)4-9(12)10-8(11)2-3-14-10/h2-3,5,9H,4,12H2,1H3. The Kier molecular flexibility index (Phi) is 3.41. The summed E-state index contributed by atoms with van der Waals surface area (Å²) in [5.41, 5.74) is 7.12. The molecule has 0 bridgehead atoms. The minimum Gasteiger partial charge on any atom is -0.323 e. The van der Waals surface area contributed by atoms with E-state index in [0.717, 1.165) is 27.0 Å². The molecule has 0 fully saturated rings. The first-order valence-corrected chi connectivity index (χ1v) is 6.70. The first-order valence-electron chi connectivity index (χ1n) is 4.56. The number of thiophene rings is 1. The van der Waals surface area contributed by atoms with Crippen molar-refractivity contribution in [3.8, 4) is 0 Å². The number of halogens is 1. The number of hydrogen-bond acceptors (Lipinski definition) is 4. The van der Waals surface area contributed by atoms with Crippen LogP contribution in [0.3, 0.4) is 0 Å². The van der Waals surface area contributed by atoms with Gasteiger partial charge in [0.2, 0.25) is 0 Å². The van der Waals surface area contributed by atoms with Crippen molar-refractivity contribution in [2.75, 3.05) is 0 Å². The highest BCUT2D eigenvalue weighted by atomic mass is 35.5. The lowest BCUT2D eigenvalue weighted by Crippen LogP contribution is -2.12. The number of aromatic nitrogens is 1. The summed E-state index contributed by atoms with van der Waals surface area (Å²) in [6.07, 6.45) is 0.755. The summed E-state index contributed by atoms with van der Waals surface area (Å²) in [6, 6.07) is 1.84. The molecule has 5 heteroatoms. The van der Waals surface area contributed by atoms with Gasteiger partial charge in [0.05, 0.1) is 15.7 Å². The molecule has 0 spiro atoms. The third kappa shape index (κ3) is 2.58. The first-order chi connectivity index (χ1) is 7.16. The highest BCUT2D eigenvalue weighted by molar-refractivity contribution is 7.10. The second-order valence-corrected chi connectivity index (χ2v) is 5.72. The van der Waals surface area contributed by atoms with Crippen molar-refractivity contribution in [3.05, 3.63) is 37.4 Å². The molecule has 80 valence electrons. The Balaban J connectivity index is 2.10. The van der Waals surface area contributed by atoms with E-state index in [-0.39, 0.29) is 6.04 Å². The van der Waals surface area contributed by atoms with Crippen molar-refractivity contribution in [2.45, 2.75) is 19.4 Å². The minimum atomic E-state index is -0.0426. The van der Waals surface area contributed by atoms with Crippen LogP contribution in [-0.4, -0.2) is 4.98 Å². The van der Waals surface area contributed by atoms with Gasteiger partial charge in [-0.3, -0.25) is 0 Å². The van der Waals surface area contributed by atoms with E-state index in [0.29, 0.717) is 0 Å². The number of rotatable bonds is 3. The van der Waals surface area contributed by atoms with Gasteiger partial charge in [0.25, 0.3) is 0 Å². The van der Waals surface area contributed by atoms with Crippen LogP contribution < -0.4 is 5.73 Å². The Morgan fingerprint density at radius 2 is 2.33 bits per heavy atom. The summed E-state index contributed by atoms with van der Waals surface area (Å²) < 4.78 is 0. The van der Waals surface area contributed by atoms with E-state index in [4.69, 9.17) is 17.3 Å². The predicted octanol–water partition coefficient (Wildman–Crippen LogP) is 3.41. The molecule has 1 unspecified atom stereocenters. The van der Waals surface area contributed by atoms with Gasteiger partial charge in [0.1, 0.15) is 0 Å². The summed E-state index contributed by atoms with van der Waals surface area (Å²) in [7, 11) is 0. The van der Waals surface area contributed by atoms with E-state index in [2.05, 4.69) is 10.4 Å². The number of thiazole rings is 1. The third-order valence-electron chi connectivity index (χ3n) is 2.08. The van der Waals surface area contributed by atoms with Crippen LogP contribution in [0, 0.1) is 6.92 Å². The lowest BCUT2D eigenvalue weighted by molar-refractivity contribution is 0.722. The monoisotopic (exact) mass is 258 g/mol. The first kappa shape index (κ1) is 11.1. The van der Waals surface area contributed by atoms with Crippen LogP contribution in [0.2, 0.25) is 5.02 Å². The summed E-state index contributed by atoms with van der Waals surface area (Å²) in [5, 5.41) is 5.86. The van der Waals surface area contributed by atoms with Crippen LogP contribution >= 0.6 is 34.3 Å². The van der Waals surface area contributed by atoms with Gasteiger partial charge in [-0.2, -0.15) is 0 Å². The molecule has 2 aromatic rings. The second-order valence-electron chi connectivity index (χ2n) is 3.30. The van der Waals surface area contributed by atoms with E-state index in [1.807, 2.05) is 18.4 Å². The van der Waals surface area contributed by atoms with Gasteiger partial charge in [0.15, 0.2) is 0 Å². The molecule has 2 nitrogen and oxygen atoms in total. The van der Waals surface area contributed by atoms with Crippen molar-refractivity contribution < 1.29 is 0 Å². The van der Waals surface area contributed by atoms with E-state index in [1.165, 1.54) is 0 Å². The topological polar surface area (TPSA) is 38.9 Å². The predicted molar refractivity (Wildman–Crippen MR) is 66.8 cm³/mol. The summed E-state index contributed by atoms with van der Waals surface area (Å²) in [6.45, 7) is 2.00. The van der Waals surface area contributed by atoms with Crippen LogP contribution in [-0.2, 0) is 6.42 Å². The SMILES string of the molecule is Cc1nc(CC(N)c2sccc2Cl)cs1. The molecule has 2 aromatic heterocycles. The maximum atomic E-state index is 6.07. The number of nitrogens with two attached hydrogens (primary N) is 1. The van der Waals surface area contributed by atoms with Crippen LogP contribution in [0.4, 0.5) is 0 Å². The fourth-order valence-electron chi connectivity index (χ4n) is 1.39. The molecule has 0 amide bonds. The average molecular weight is 259 g/mol. The van der Waals surface area contributed by atoms with Crippen molar-refractivity contribution in [3.63, 3.8) is 0 Å². The molecule has 0 aliphatic carbocycles. The van der Waals surface area contributed by atoms with Gasteiger partial charge in [-0.1, -0.05) is 11.6 Å². The van der Waals surface area contributed by atoms with Gasteiger partial charge in [-0.15, -0.1) is 22.7 Å². The molecule has 2 N–H and O–H groups in total. The fraction of sp³-hybridized carbons (Fsp3) is 0.300. The highest BCUT2D eigenvalue weighted by Gasteiger charge is 2.13. The Labute approximate surface area is 102 Å². The maximum absolute atomic E-state index is 6.07. The molecule has 1 atom stereocenters. The zero-order valence-electron chi connectivity index (χ0n) is 8.24. The van der Waals surface area contributed by atoms with Crippen LogP contribution in [0.1, 0.15) is 21.6 Å². The van der Waals surface area contributed by atoms with Crippen molar-refractivity contribution in [1.82, 2.24) is 4.98 Å². The van der Waals surface area contributed by atoms with Crippen molar-refractivity contribution in [2.24, 2.45) is 5.73 Å². The summed E-state index contributed by atoms with van der Waals surface area (Å²) in [5.74, 6) is 0. The largest absolute Gasteiger partial charge is 0.323 e. The third-order valence-corrected chi connectivity index (χ3v) is 4.39. The maximum Gasteiger partial charge on any atom is 0.0897 e. The van der Waals surface area contributed by atoms with Crippen LogP contribution in [0.5, 0.6) is 0 Å². The molecular weight excluding hydrogens is 248 g/mol. The zero-order chi connectivity index (χ0) is 10.8. The Bertz CT molecular complexity index is 450. The summed E-state index contributed by atoms with van der Waals surface area (Å²) in [4.78, 5) is 5.43. The van der Waals surface area contributed by atoms with Crippen LogP contribution in [0.25, 0.3) is 0 Å². The molecule has 0 saturated heterocycles. The number of hydrogen-bond donors (Lipinski definition) is 1. The van der Waals surface area contributed by atoms with E-state index < -0.39 is 0 Å². The molecule has 0 saturated carbocycles. The molecule has 2 heterocycles. The second kappa shape index (κ2) is 4.61. The number of aryl methyl sites for hydroxylation is 1. The Hall–Kier alpha value is -0.420. The van der Waals surface area contributed by atoms with Crippen molar-refractivity contribution >= 4 is 34.3 Å². The molecular formula is C10H11ClN2S2. The lowest BCUT2D eigenvalue weighted by Gasteiger charge is -2.07. The van der Waals surface area contributed by atoms with Crippen LogP contribution in [0.15, 0.2) is 16.8 Å². The molecule has 0 aliphatic rings. The zero-order valence-corrected chi connectivity index (χ0v) is 10.6. The normalized spacial score (nSPS) is 13.0. The Morgan fingerprint density at radius 3 is 2.87 bits per heavy atom. The molecule has 0 aromatic carbocycles. The lowest BCUT2D eigenvalue weighted by atomic mass is 10.1. The molecule has 15 heavy (non-hydrogen) atoms. The summed E-state index contributed by atoms with van der Waals surface area (Å²) >= 11 is 9.27. The van der Waals surface area contributed by atoms with Crippen molar-refractivity contribution in [1.29, 1.82) is 0 Å². The van der Waals surface area contributed by atoms with Gasteiger partial charge in [0, 0.05) is 22.7 Å². The van der Waals surface area contributed by atoms with E-state index >= 15 is 0 Å². The highest BCUT2D eigenvalue weighted by Crippen LogP contribution is 2.29. The molecule has 2 rings (SSSR count). The van der Waals surface area contributed by atoms with E-state index in [1.54, 1.807) is 22.7 Å². The Morgan fingerprint density at radius 1 is 1.53 bits per heavy atom. The number of nitrogens with zero attached hydrogens (tertiary/aromatic N) is 1. The van der Waals surface area contributed by atoms with Gasteiger partial charge in [-0.05, 0) is 18.4 Å². The van der Waals surface area contributed by atoms with Gasteiger partial charge in [-0.25, -0.2) is 4.98 Å². The smallest absolute Gasteiger partial charge is 0.0897 e. The fourth-order valence-corrected chi connectivity index (χ4v) is 3.22. The molecule has 0 radical (unpaired) electrons. The van der Waals surface area contributed by atoms with E-state index in [9.17, 15) is 0 Å². The molecule has 0 aliphatic heterocycles. The quantitative estimate of drug-likeness (QED) is 0.916. The van der Waals surface area contributed by atoms with Gasteiger partial charge >= 0.3 is 0 Å². The minimum absolute atomic E-state index is 0.0426. The average Bonchev–Trinajstić information content (AvgIpc) is 2.75. The van der Waals surface area contributed by atoms with Gasteiger partial charge < -0.3 is 5.73 Å².